The van der Waals surface area contributed by atoms with Gasteiger partial charge >= 0.3 is 0 Å². The van der Waals surface area contributed by atoms with E-state index >= 15 is 0 Å². The van der Waals surface area contributed by atoms with Crippen molar-refractivity contribution in [2.45, 2.75) is 13.0 Å². The topological polar surface area (TPSA) is 24.9 Å². The minimum atomic E-state index is 0.265. The van der Waals surface area contributed by atoms with Crippen molar-refractivity contribution in [2.24, 2.45) is 0 Å². The van der Waals surface area contributed by atoms with E-state index in [1.165, 1.54) is 5.56 Å². The molecule has 0 amide bonds. The highest BCUT2D eigenvalue weighted by Gasteiger charge is 2.07. The van der Waals surface area contributed by atoms with E-state index in [2.05, 4.69) is 50.0 Å². The number of hydrogen-bond acceptors (Lipinski definition) is 3. The average Bonchev–Trinajstić information content (AvgIpc) is 2.77. The van der Waals surface area contributed by atoms with Crippen molar-refractivity contribution in [3.63, 3.8) is 0 Å². The number of nitrogens with zero attached hydrogens (tertiary/aromatic N) is 1. The van der Waals surface area contributed by atoms with Gasteiger partial charge in [-0.1, -0.05) is 11.6 Å². The molecule has 1 unspecified atom stereocenters. The first-order chi connectivity index (χ1) is 7.66. The second-order valence-electron chi connectivity index (χ2n) is 3.42. The van der Waals surface area contributed by atoms with E-state index in [0.717, 1.165) is 10.2 Å². The van der Waals surface area contributed by atoms with Crippen LogP contribution in [-0.4, -0.2) is 4.98 Å². The molecule has 1 N–H and O–H groups in total. The molecule has 2 nitrogen and oxygen atoms in total. The van der Waals surface area contributed by atoms with Gasteiger partial charge in [0.15, 0.2) is 0 Å². The van der Waals surface area contributed by atoms with Crippen LogP contribution in [0.1, 0.15) is 18.5 Å². The Labute approximate surface area is 112 Å². The van der Waals surface area contributed by atoms with Crippen LogP contribution in [0.4, 0.5) is 5.69 Å². The summed E-state index contributed by atoms with van der Waals surface area (Å²) < 4.78 is 0.802. The van der Waals surface area contributed by atoms with Gasteiger partial charge in [-0.2, -0.15) is 11.3 Å². The van der Waals surface area contributed by atoms with Gasteiger partial charge in [-0.05, 0) is 51.3 Å². The molecule has 0 radical (unpaired) electrons. The Morgan fingerprint density at radius 1 is 1.56 bits per heavy atom. The molecule has 0 aliphatic heterocycles. The largest absolute Gasteiger partial charge is 0.377 e. The van der Waals surface area contributed by atoms with Crippen LogP contribution in [0, 0.1) is 0 Å². The first-order valence-electron chi connectivity index (χ1n) is 4.76. The zero-order valence-electron chi connectivity index (χ0n) is 8.58. The van der Waals surface area contributed by atoms with E-state index in [1.807, 2.05) is 6.07 Å². The quantitative estimate of drug-likeness (QED) is 0.828. The molecule has 0 aliphatic carbocycles. The first-order valence-corrected chi connectivity index (χ1v) is 6.88. The normalized spacial score (nSPS) is 12.4. The van der Waals surface area contributed by atoms with Crippen molar-refractivity contribution >= 4 is 44.6 Å². The van der Waals surface area contributed by atoms with Gasteiger partial charge in [0.2, 0.25) is 0 Å². The molecule has 2 aromatic rings. The minimum Gasteiger partial charge on any atom is -0.377 e. The molecule has 2 aromatic heterocycles. The maximum Gasteiger partial charge on any atom is 0.143 e. The number of anilines is 1. The SMILES string of the molecule is CC(Nc1cnc(Cl)c(Br)c1)c1ccsc1. The number of nitrogens with one attached hydrogen (secondary N) is 1. The lowest BCUT2D eigenvalue weighted by Crippen LogP contribution is -2.05. The van der Waals surface area contributed by atoms with Gasteiger partial charge in [0.05, 0.1) is 16.4 Å². The van der Waals surface area contributed by atoms with Crippen molar-refractivity contribution in [1.82, 2.24) is 4.98 Å². The Bertz CT molecular complexity index is 473. The summed E-state index contributed by atoms with van der Waals surface area (Å²) in [5.74, 6) is 0. The Kier molecular flexibility index (Phi) is 3.84. The lowest BCUT2D eigenvalue weighted by atomic mass is 10.2. The molecule has 0 aliphatic rings. The van der Waals surface area contributed by atoms with Crippen molar-refractivity contribution in [3.8, 4) is 0 Å². The Morgan fingerprint density at radius 2 is 2.38 bits per heavy atom. The second kappa shape index (κ2) is 5.17. The van der Waals surface area contributed by atoms with Gasteiger partial charge < -0.3 is 5.32 Å². The Morgan fingerprint density at radius 3 is 3.00 bits per heavy atom. The monoisotopic (exact) mass is 316 g/mol. The highest BCUT2D eigenvalue weighted by Crippen LogP contribution is 2.26. The highest BCUT2D eigenvalue weighted by molar-refractivity contribution is 9.10. The second-order valence-corrected chi connectivity index (χ2v) is 5.41. The third-order valence-electron chi connectivity index (χ3n) is 2.22. The molecule has 0 spiro atoms. The van der Waals surface area contributed by atoms with Crippen molar-refractivity contribution in [1.29, 1.82) is 0 Å². The molecule has 0 saturated heterocycles. The molecular formula is C11H10BrClN2S. The van der Waals surface area contributed by atoms with Crippen LogP contribution in [0.25, 0.3) is 0 Å². The lowest BCUT2D eigenvalue weighted by molar-refractivity contribution is 0.888. The average molecular weight is 318 g/mol. The smallest absolute Gasteiger partial charge is 0.143 e. The molecule has 84 valence electrons. The Hall–Kier alpha value is -0.580. The van der Waals surface area contributed by atoms with E-state index in [-0.39, 0.29) is 6.04 Å². The number of pyridine rings is 1. The van der Waals surface area contributed by atoms with Gasteiger partial charge in [-0.25, -0.2) is 4.98 Å². The van der Waals surface area contributed by atoms with Crippen LogP contribution < -0.4 is 5.32 Å². The van der Waals surface area contributed by atoms with E-state index in [0.29, 0.717) is 5.15 Å². The lowest BCUT2D eigenvalue weighted by Gasteiger charge is -2.14. The van der Waals surface area contributed by atoms with Crippen LogP contribution in [0.3, 0.4) is 0 Å². The van der Waals surface area contributed by atoms with E-state index in [4.69, 9.17) is 11.6 Å². The molecule has 2 rings (SSSR count). The maximum atomic E-state index is 5.83. The Balaban J connectivity index is 2.12. The predicted octanol–water partition coefficient (Wildman–Crippen LogP) is 4.73. The summed E-state index contributed by atoms with van der Waals surface area (Å²) in [5.41, 5.74) is 2.23. The summed E-state index contributed by atoms with van der Waals surface area (Å²) in [6.07, 6.45) is 1.73. The van der Waals surface area contributed by atoms with Crippen LogP contribution in [-0.2, 0) is 0 Å². The molecule has 2 heterocycles. The molecule has 1 atom stereocenters. The zero-order valence-corrected chi connectivity index (χ0v) is 11.7. The zero-order chi connectivity index (χ0) is 11.5. The van der Waals surface area contributed by atoms with Crippen LogP contribution in [0.2, 0.25) is 5.15 Å². The standard InChI is InChI=1S/C11H10BrClN2S/c1-7(8-2-3-16-6-8)15-9-4-10(12)11(13)14-5-9/h2-7,15H,1H3. The summed E-state index contributed by atoms with van der Waals surface area (Å²) in [4.78, 5) is 4.07. The summed E-state index contributed by atoms with van der Waals surface area (Å²) >= 11 is 10.9. The fraction of sp³-hybridized carbons (Fsp3) is 0.182. The summed E-state index contributed by atoms with van der Waals surface area (Å²) in [6.45, 7) is 2.12. The molecule has 16 heavy (non-hydrogen) atoms. The predicted molar refractivity (Wildman–Crippen MR) is 73.3 cm³/mol. The molecule has 5 heteroatoms. The first kappa shape index (κ1) is 11.9. The van der Waals surface area contributed by atoms with Gasteiger partial charge in [-0.3, -0.25) is 0 Å². The minimum absolute atomic E-state index is 0.265. The van der Waals surface area contributed by atoms with Crippen molar-refractivity contribution in [2.75, 3.05) is 5.32 Å². The number of halogens is 2. The maximum absolute atomic E-state index is 5.83. The molecular weight excluding hydrogens is 308 g/mol. The number of aromatic nitrogens is 1. The van der Waals surface area contributed by atoms with Gasteiger partial charge in [0, 0.05) is 6.04 Å². The van der Waals surface area contributed by atoms with Gasteiger partial charge in [0.25, 0.3) is 0 Å². The van der Waals surface area contributed by atoms with Crippen LogP contribution in [0.15, 0.2) is 33.6 Å². The van der Waals surface area contributed by atoms with Crippen LogP contribution >= 0.6 is 38.9 Å². The molecule has 0 bridgehead atoms. The van der Waals surface area contributed by atoms with Crippen molar-refractivity contribution in [3.05, 3.63) is 44.3 Å². The number of thiophene rings is 1. The number of hydrogen-bond donors (Lipinski definition) is 1. The third kappa shape index (κ3) is 2.75. The fourth-order valence-electron chi connectivity index (χ4n) is 1.35. The highest BCUT2D eigenvalue weighted by atomic mass is 79.9. The molecule has 0 fully saturated rings. The van der Waals surface area contributed by atoms with Gasteiger partial charge in [-0.15, -0.1) is 0 Å². The molecule has 0 aromatic carbocycles. The third-order valence-corrected chi connectivity index (χ3v) is 4.06. The van der Waals surface area contributed by atoms with Crippen molar-refractivity contribution < 1.29 is 0 Å². The van der Waals surface area contributed by atoms with E-state index in [1.54, 1.807) is 17.5 Å². The summed E-state index contributed by atoms with van der Waals surface area (Å²) in [5, 5.41) is 8.06. The summed E-state index contributed by atoms with van der Waals surface area (Å²) in [6, 6.07) is 4.31. The van der Waals surface area contributed by atoms with Gasteiger partial charge in [0.1, 0.15) is 5.15 Å². The fourth-order valence-corrected chi connectivity index (χ4v) is 2.56. The van der Waals surface area contributed by atoms with Crippen LogP contribution in [0.5, 0.6) is 0 Å². The number of rotatable bonds is 3. The summed E-state index contributed by atoms with van der Waals surface area (Å²) in [7, 11) is 0. The van der Waals surface area contributed by atoms with E-state index in [9.17, 15) is 0 Å². The van der Waals surface area contributed by atoms with E-state index < -0.39 is 0 Å². The molecule has 0 saturated carbocycles.